The molecule has 0 atom stereocenters. The smallest absolute Gasteiger partial charge is 0.260 e. The fourth-order valence-electron chi connectivity index (χ4n) is 2.44. The Morgan fingerprint density at radius 2 is 1.79 bits per heavy atom. The Hall–Kier alpha value is -2.69. The van der Waals surface area contributed by atoms with Gasteiger partial charge < -0.3 is 19.1 Å². The lowest BCUT2D eigenvalue weighted by Crippen LogP contribution is -2.31. The number of hydrogen-bond donors (Lipinski definition) is 0. The molecule has 2 aromatic carbocycles. The van der Waals surface area contributed by atoms with Gasteiger partial charge >= 0.3 is 0 Å². The largest absolute Gasteiger partial charge is 0.486 e. The van der Waals surface area contributed by atoms with E-state index in [9.17, 15) is 4.79 Å². The van der Waals surface area contributed by atoms with Crippen molar-refractivity contribution in [1.82, 2.24) is 4.90 Å². The molecule has 0 unspecified atom stereocenters. The van der Waals surface area contributed by atoms with E-state index in [1.807, 2.05) is 49.4 Å². The average molecular weight is 327 g/mol. The highest BCUT2D eigenvalue weighted by atomic mass is 16.6. The van der Waals surface area contributed by atoms with E-state index >= 15 is 0 Å². The van der Waals surface area contributed by atoms with Gasteiger partial charge in [0.15, 0.2) is 18.1 Å². The summed E-state index contributed by atoms with van der Waals surface area (Å²) in [5.41, 5.74) is 2.15. The second kappa shape index (κ2) is 7.25. The lowest BCUT2D eigenvalue weighted by atomic mass is 10.2. The molecule has 0 saturated heterocycles. The standard InChI is InChI=1S/C19H21NO4/c1-14-3-6-16(7-4-14)24-13-19(21)20(2)12-15-5-8-17-18(11-15)23-10-9-22-17/h3-8,11H,9-10,12-13H2,1-2H3. The van der Waals surface area contributed by atoms with E-state index in [1.54, 1.807) is 11.9 Å². The Kier molecular flexibility index (Phi) is 4.89. The van der Waals surface area contributed by atoms with Crippen LogP contribution in [0, 0.1) is 6.92 Å². The number of ether oxygens (including phenoxy) is 3. The van der Waals surface area contributed by atoms with Crippen molar-refractivity contribution < 1.29 is 19.0 Å². The molecule has 24 heavy (non-hydrogen) atoms. The SMILES string of the molecule is Cc1ccc(OCC(=O)N(C)Cc2ccc3c(c2)OCCO3)cc1. The normalized spacial score (nSPS) is 12.6. The number of fused-ring (bicyclic) bond motifs is 1. The zero-order valence-electron chi connectivity index (χ0n) is 14.0. The van der Waals surface area contributed by atoms with Crippen LogP contribution in [0.15, 0.2) is 42.5 Å². The van der Waals surface area contributed by atoms with Crippen molar-refractivity contribution in [3.63, 3.8) is 0 Å². The molecular formula is C19H21NO4. The van der Waals surface area contributed by atoms with Gasteiger partial charge in [0.05, 0.1) is 0 Å². The van der Waals surface area contributed by atoms with Crippen LogP contribution in [0.2, 0.25) is 0 Å². The van der Waals surface area contributed by atoms with E-state index < -0.39 is 0 Å². The maximum Gasteiger partial charge on any atom is 0.260 e. The molecule has 1 amide bonds. The predicted octanol–water partition coefficient (Wildman–Crippen LogP) is 2.80. The first-order valence-electron chi connectivity index (χ1n) is 7.94. The number of nitrogens with zero attached hydrogens (tertiary/aromatic N) is 1. The minimum absolute atomic E-state index is 0.0180. The number of carbonyl (C=O) groups is 1. The van der Waals surface area contributed by atoms with Crippen LogP contribution in [-0.4, -0.2) is 37.7 Å². The number of hydrogen-bond acceptors (Lipinski definition) is 4. The van der Waals surface area contributed by atoms with Gasteiger partial charge in [0.1, 0.15) is 19.0 Å². The summed E-state index contributed by atoms with van der Waals surface area (Å²) >= 11 is 0. The first kappa shape index (κ1) is 16.2. The van der Waals surface area contributed by atoms with Crippen LogP contribution in [0.3, 0.4) is 0 Å². The van der Waals surface area contributed by atoms with E-state index in [0.29, 0.717) is 25.5 Å². The molecule has 126 valence electrons. The van der Waals surface area contributed by atoms with Crippen molar-refractivity contribution in [2.45, 2.75) is 13.5 Å². The molecule has 0 saturated carbocycles. The average Bonchev–Trinajstić information content (AvgIpc) is 2.61. The third-order valence-electron chi connectivity index (χ3n) is 3.84. The summed E-state index contributed by atoms with van der Waals surface area (Å²) in [5, 5.41) is 0. The second-order valence-electron chi connectivity index (χ2n) is 5.83. The summed E-state index contributed by atoms with van der Waals surface area (Å²) in [5.74, 6) is 2.10. The van der Waals surface area contributed by atoms with Gasteiger partial charge in [0.2, 0.25) is 0 Å². The summed E-state index contributed by atoms with van der Waals surface area (Å²) in [7, 11) is 1.76. The molecule has 0 bridgehead atoms. The lowest BCUT2D eigenvalue weighted by Gasteiger charge is -2.21. The van der Waals surface area contributed by atoms with Gasteiger partial charge in [-0.25, -0.2) is 0 Å². The molecule has 0 aromatic heterocycles. The van der Waals surface area contributed by atoms with Gasteiger partial charge in [0.25, 0.3) is 5.91 Å². The van der Waals surface area contributed by atoms with Crippen molar-refractivity contribution in [2.24, 2.45) is 0 Å². The van der Waals surface area contributed by atoms with Crippen LogP contribution in [0.4, 0.5) is 0 Å². The third-order valence-corrected chi connectivity index (χ3v) is 3.84. The molecule has 1 aliphatic heterocycles. The summed E-state index contributed by atoms with van der Waals surface area (Å²) in [4.78, 5) is 13.9. The molecule has 2 aromatic rings. The van der Waals surface area contributed by atoms with Crippen LogP contribution in [-0.2, 0) is 11.3 Å². The summed E-state index contributed by atoms with van der Waals surface area (Å²) in [6.07, 6.45) is 0. The van der Waals surface area contributed by atoms with E-state index in [0.717, 1.165) is 22.6 Å². The monoisotopic (exact) mass is 327 g/mol. The van der Waals surface area contributed by atoms with Crippen LogP contribution in [0.5, 0.6) is 17.2 Å². The fraction of sp³-hybridized carbons (Fsp3) is 0.316. The van der Waals surface area contributed by atoms with Gasteiger partial charge in [-0.05, 0) is 36.8 Å². The lowest BCUT2D eigenvalue weighted by molar-refractivity contribution is -0.132. The van der Waals surface area contributed by atoms with Crippen LogP contribution < -0.4 is 14.2 Å². The highest BCUT2D eigenvalue weighted by Crippen LogP contribution is 2.31. The third kappa shape index (κ3) is 3.98. The minimum Gasteiger partial charge on any atom is -0.486 e. The quantitative estimate of drug-likeness (QED) is 0.847. The van der Waals surface area contributed by atoms with Gasteiger partial charge in [0, 0.05) is 13.6 Å². The van der Waals surface area contributed by atoms with E-state index in [-0.39, 0.29) is 12.5 Å². The molecule has 0 aliphatic carbocycles. The first-order valence-corrected chi connectivity index (χ1v) is 7.94. The first-order chi connectivity index (χ1) is 11.6. The van der Waals surface area contributed by atoms with Crippen molar-refractivity contribution in [2.75, 3.05) is 26.9 Å². The summed E-state index contributed by atoms with van der Waals surface area (Å²) in [6, 6.07) is 13.4. The van der Waals surface area contributed by atoms with Gasteiger partial charge in [-0.15, -0.1) is 0 Å². The molecule has 0 radical (unpaired) electrons. The molecule has 3 rings (SSSR count). The van der Waals surface area contributed by atoms with Crippen molar-refractivity contribution in [1.29, 1.82) is 0 Å². The van der Waals surface area contributed by atoms with E-state index in [4.69, 9.17) is 14.2 Å². The highest BCUT2D eigenvalue weighted by molar-refractivity contribution is 5.77. The van der Waals surface area contributed by atoms with E-state index in [1.165, 1.54) is 0 Å². The van der Waals surface area contributed by atoms with Gasteiger partial charge in [-0.2, -0.15) is 0 Å². The topological polar surface area (TPSA) is 48.0 Å². The summed E-state index contributed by atoms with van der Waals surface area (Å²) < 4.78 is 16.6. The minimum atomic E-state index is -0.0783. The number of aryl methyl sites for hydroxylation is 1. The van der Waals surface area contributed by atoms with Gasteiger partial charge in [-0.3, -0.25) is 4.79 Å². The number of amides is 1. The maximum atomic E-state index is 12.2. The zero-order valence-corrected chi connectivity index (χ0v) is 14.0. The number of likely N-dealkylation sites (N-methyl/N-ethyl adjacent to an activating group) is 1. The van der Waals surface area contributed by atoms with Crippen molar-refractivity contribution in [3.8, 4) is 17.2 Å². The Bertz CT molecular complexity index is 712. The van der Waals surface area contributed by atoms with Crippen molar-refractivity contribution >= 4 is 5.91 Å². The number of benzene rings is 2. The number of carbonyl (C=O) groups excluding carboxylic acids is 1. The number of rotatable bonds is 5. The van der Waals surface area contributed by atoms with Gasteiger partial charge in [-0.1, -0.05) is 23.8 Å². The molecule has 5 nitrogen and oxygen atoms in total. The zero-order chi connectivity index (χ0) is 16.9. The molecule has 1 heterocycles. The molecule has 1 aliphatic rings. The van der Waals surface area contributed by atoms with E-state index in [2.05, 4.69) is 0 Å². The molecule has 5 heteroatoms. The Morgan fingerprint density at radius 1 is 1.08 bits per heavy atom. The predicted molar refractivity (Wildman–Crippen MR) is 90.6 cm³/mol. The molecular weight excluding hydrogens is 306 g/mol. The fourth-order valence-corrected chi connectivity index (χ4v) is 2.44. The Morgan fingerprint density at radius 3 is 2.54 bits per heavy atom. The Balaban J connectivity index is 1.55. The van der Waals surface area contributed by atoms with Crippen molar-refractivity contribution in [3.05, 3.63) is 53.6 Å². The summed E-state index contributed by atoms with van der Waals surface area (Å²) in [6.45, 7) is 3.64. The Labute approximate surface area is 141 Å². The molecule has 0 N–H and O–H groups in total. The van der Waals surface area contributed by atoms with Crippen LogP contribution in [0.25, 0.3) is 0 Å². The van der Waals surface area contributed by atoms with Crippen LogP contribution >= 0.6 is 0 Å². The molecule has 0 fully saturated rings. The second-order valence-corrected chi connectivity index (χ2v) is 5.83. The highest BCUT2D eigenvalue weighted by Gasteiger charge is 2.14. The molecule has 0 spiro atoms. The van der Waals surface area contributed by atoms with Crippen LogP contribution in [0.1, 0.15) is 11.1 Å². The maximum absolute atomic E-state index is 12.2.